The molecule has 3 aromatic rings. The zero-order valence-corrected chi connectivity index (χ0v) is 16.1. The third-order valence-corrected chi connectivity index (χ3v) is 5.94. The van der Waals surface area contributed by atoms with Crippen LogP contribution in [0.4, 0.5) is 0 Å². The number of aryl methyl sites for hydroxylation is 2. The van der Waals surface area contributed by atoms with Crippen molar-refractivity contribution in [2.75, 3.05) is 0 Å². The fraction of sp³-hybridized carbons (Fsp3) is 0.476. The van der Waals surface area contributed by atoms with E-state index >= 15 is 0 Å². The van der Waals surface area contributed by atoms with Crippen LogP contribution in [0.2, 0.25) is 0 Å². The molecule has 6 heteroatoms. The average molecular weight is 366 g/mol. The standard InChI is InChI=1S/C21H26N4O2/c1-13-14(2)20-17(11-15(13)10-16-8-9-24(3)23-16)21(27)25(12-22-20)18-6-4-5-7-19(18)26/h8-9,11-12,18-19,26H,4-7,10H2,1-3H3/t18-,19-/m1/s1. The molecule has 1 aliphatic carbocycles. The molecule has 6 nitrogen and oxygen atoms in total. The number of nitrogens with zero attached hydrogens (tertiary/aromatic N) is 4. The zero-order chi connectivity index (χ0) is 19.1. The summed E-state index contributed by atoms with van der Waals surface area (Å²) in [6.07, 6.45) is 7.36. The predicted octanol–water partition coefficient (Wildman–Crippen LogP) is 2.81. The molecule has 0 radical (unpaired) electrons. The minimum Gasteiger partial charge on any atom is -0.391 e. The van der Waals surface area contributed by atoms with E-state index in [4.69, 9.17) is 0 Å². The molecule has 0 unspecified atom stereocenters. The van der Waals surface area contributed by atoms with Crippen LogP contribution in [0, 0.1) is 13.8 Å². The molecule has 2 atom stereocenters. The number of fused-ring (bicyclic) bond motifs is 1. The van der Waals surface area contributed by atoms with Gasteiger partial charge in [-0.1, -0.05) is 12.8 Å². The molecule has 0 spiro atoms. The summed E-state index contributed by atoms with van der Waals surface area (Å²) in [6.45, 7) is 4.09. The van der Waals surface area contributed by atoms with Gasteiger partial charge in [-0.15, -0.1) is 0 Å². The first kappa shape index (κ1) is 17.9. The molecule has 0 saturated heterocycles. The monoisotopic (exact) mass is 366 g/mol. The van der Waals surface area contributed by atoms with E-state index in [0.29, 0.717) is 11.8 Å². The Morgan fingerprint density at radius 2 is 2.00 bits per heavy atom. The molecule has 1 saturated carbocycles. The number of hydrogen-bond donors (Lipinski definition) is 1. The van der Waals surface area contributed by atoms with Gasteiger partial charge in [0.2, 0.25) is 0 Å². The van der Waals surface area contributed by atoms with Crippen LogP contribution in [-0.2, 0) is 13.5 Å². The highest BCUT2D eigenvalue weighted by Crippen LogP contribution is 2.29. The van der Waals surface area contributed by atoms with Crippen LogP contribution in [-0.4, -0.2) is 30.5 Å². The molecular weight excluding hydrogens is 340 g/mol. The van der Waals surface area contributed by atoms with Gasteiger partial charge in [-0.25, -0.2) is 4.98 Å². The average Bonchev–Trinajstić information content (AvgIpc) is 3.06. The third-order valence-electron chi connectivity index (χ3n) is 5.94. The third kappa shape index (κ3) is 3.18. The van der Waals surface area contributed by atoms with Crippen molar-refractivity contribution in [3.63, 3.8) is 0 Å². The van der Waals surface area contributed by atoms with Crippen molar-refractivity contribution in [1.29, 1.82) is 0 Å². The van der Waals surface area contributed by atoms with Crippen molar-refractivity contribution in [3.05, 3.63) is 57.4 Å². The van der Waals surface area contributed by atoms with Crippen LogP contribution in [0.15, 0.2) is 29.5 Å². The van der Waals surface area contributed by atoms with E-state index in [-0.39, 0.29) is 11.6 Å². The summed E-state index contributed by atoms with van der Waals surface area (Å²) in [7, 11) is 1.90. The Morgan fingerprint density at radius 1 is 1.22 bits per heavy atom. The first-order valence-corrected chi connectivity index (χ1v) is 9.62. The van der Waals surface area contributed by atoms with E-state index < -0.39 is 6.10 Å². The Balaban J connectivity index is 1.83. The van der Waals surface area contributed by atoms with E-state index in [1.807, 2.05) is 32.3 Å². The van der Waals surface area contributed by atoms with Crippen molar-refractivity contribution < 1.29 is 5.11 Å². The number of benzene rings is 1. The summed E-state index contributed by atoms with van der Waals surface area (Å²) in [4.78, 5) is 17.8. The van der Waals surface area contributed by atoms with Gasteiger partial charge in [0.25, 0.3) is 5.56 Å². The van der Waals surface area contributed by atoms with E-state index in [0.717, 1.165) is 53.6 Å². The lowest BCUT2D eigenvalue weighted by Crippen LogP contribution is -2.34. The van der Waals surface area contributed by atoms with Crippen molar-refractivity contribution >= 4 is 10.9 Å². The van der Waals surface area contributed by atoms with E-state index in [9.17, 15) is 9.90 Å². The number of aliphatic hydroxyl groups excluding tert-OH is 1. The first-order chi connectivity index (χ1) is 13.0. The second-order valence-electron chi connectivity index (χ2n) is 7.72. The van der Waals surface area contributed by atoms with Crippen LogP contribution in [0.3, 0.4) is 0 Å². The van der Waals surface area contributed by atoms with Gasteiger partial charge in [0.1, 0.15) is 0 Å². The number of rotatable bonds is 3. The minimum absolute atomic E-state index is 0.0590. The van der Waals surface area contributed by atoms with Crippen molar-refractivity contribution in [2.45, 2.75) is 58.1 Å². The number of aliphatic hydroxyl groups is 1. The lowest BCUT2D eigenvalue weighted by Gasteiger charge is -2.29. The lowest BCUT2D eigenvalue weighted by molar-refractivity contribution is 0.0735. The lowest BCUT2D eigenvalue weighted by atomic mass is 9.92. The maximum absolute atomic E-state index is 13.2. The summed E-state index contributed by atoms with van der Waals surface area (Å²) in [5.41, 5.74) is 4.95. The zero-order valence-electron chi connectivity index (χ0n) is 16.1. The topological polar surface area (TPSA) is 72.9 Å². The van der Waals surface area contributed by atoms with Gasteiger partial charge in [-0.3, -0.25) is 14.0 Å². The van der Waals surface area contributed by atoms with E-state index in [1.165, 1.54) is 0 Å². The van der Waals surface area contributed by atoms with Crippen LogP contribution >= 0.6 is 0 Å². The fourth-order valence-electron chi connectivity index (χ4n) is 4.20. The Morgan fingerprint density at radius 3 is 2.70 bits per heavy atom. The Bertz CT molecular complexity index is 1050. The Labute approximate surface area is 158 Å². The second-order valence-corrected chi connectivity index (χ2v) is 7.72. The minimum atomic E-state index is -0.477. The Kier molecular flexibility index (Phi) is 4.60. The first-order valence-electron chi connectivity index (χ1n) is 9.62. The summed E-state index contributed by atoms with van der Waals surface area (Å²) in [5.74, 6) is 0. The second kappa shape index (κ2) is 6.93. The SMILES string of the molecule is Cc1c(Cc2ccn(C)n2)cc2c(=O)n([C@@H]3CCCC[C@H]3O)cnc2c1C. The van der Waals surface area contributed by atoms with Crippen molar-refractivity contribution in [3.8, 4) is 0 Å². The molecule has 2 aromatic heterocycles. The molecule has 1 N–H and O–H groups in total. The molecule has 2 heterocycles. The largest absolute Gasteiger partial charge is 0.391 e. The fourth-order valence-corrected chi connectivity index (χ4v) is 4.20. The molecule has 4 rings (SSSR count). The highest BCUT2D eigenvalue weighted by Gasteiger charge is 2.26. The van der Waals surface area contributed by atoms with Gasteiger partial charge >= 0.3 is 0 Å². The highest BCUT2D eigenvalue weighted by molar-refractivity contribution is 5.83. The van der Waals surface area contributed by atoms with Crippen LogP contribution in [0.5, 0.6) is 0 Å². The molecule has 0 bridgehead atoms. The maximum Gasteiger partial charge on any atom is 0.261 e. The molecular formula is C21H26N4O2. The van der Waals surface area contributed by atoms with Gasteiger partial charge in [0, 0.05) is 19.7 Å². The van der Waals surface area contributed by atoms with Gasteiger partial charge in [0.15, 0.2) is 0 Å². The van der Waals surface area contributed by atoms with Crippen molar-refractivity contribution in [1.82, 2.24) is 19.3 Å². The van der Waals surface area contributed by atoms with Gasteiger partial charge in [-0.2, -0.15) is 5.10 Å². The van der Waals surface area contributed by atoms with Crippen LogP contribution in [0.25, 0.3) is 10.9 Å². The maximum atomic E-state index is 13.2. The normalized spacial score (nSPS) is 20.3. The van der Waals surface area contributed by atoms with Gasteiger partial charge in [0.05, 0.1) is 35.1 Å². The highest BCUT2D eigenvalue weighted by atomic mass is 16.3. The molecule has 1 aliphatic rings. The molecule has 0 aliphatic heterocycles. The Hall–Kier alpha value is -2.47. The van der Waals surface area contributed by atoms with Gasteiger partial charge in [-0.05, 0) is 55.5 Å². The summed E-state index contributed by atoms with van der Waals surface area (Å²) in [6, 6.07) is 3.79. The van der Waals surface area contributed by atoms with E-state index in [1.54, 1.807) is 15.6 Å². The van der Waals surface area contributed by atoms with Gasteiger partial charge < -0.3 is 5.11 Å². The quantitative estimate of drug-likeness (QED) is 0.774. The molecule has 1 fully saturated rings. The number of hydrogen-bond acceptors (Lipinski definition) is 4. The molecule has 0 amide bonds. The van der Waals surface area contributed by atoms with Crippen molar-refractivity contribution in [2.24, 2.45) is 7.05 Å². The molecule has 27 heavy (non-hydrogen) atoms. The predicted molar refractivity (Wildman–Crippen MR) is 105 cm³/mol. The molecule has 142 valence electrons. The summed E-state index contributed by atoms with van der Waals surface area (Å²) >= 11 is 0. The molecule has 1 aromatic carbocycles. The summed E-state index contributed by atoms with van der Waals surface area (Å²) in [5, 5.41) is 15.5. The van der Waals surface area contributed by atoms with Crippen LogP contribution in [0.1, 0.15) is 54.1 Å². The number of aromatic nitrogens is 4. The van der Waals surface area contributed by atoms with Crippen LogP contribution < -0.4 is 5.56 Å². The smallest absolute Gasteiger partial charge is 0.261 e. The summed E-state index contributed by atoms with van der Waals surface area (Å²) < 4.78 is 3.43. The van der Waals surface area contributed by atoms with E-state index in [2.05, 4.69) is 17.0 Å².